The van der Waals surface area contributed by atoms with Gasteiger partial charge in [0.25, 0.3) is 11.8 Å². The fourth-order valence-electron chi connectivity index (χ4n) is 4.31. The lowest BCUT2D eigenvalue weighted by Crippen LogP contribution is -2.32. The summed E-state index contributed by atoms with van der Waals surface area (Å²) in [5, 5.41) is 5.81. The average Bonchev–Trinajstić information content (AvgIpc) is 3.02. The van der Waals surface area contributed by atoms with E-state index in [-0.39, 0.29) is 28.2 Å². The molecule has 1 aliphatic heterocycles. The van der Waals surface area contributed by atoms with Gasteiger partial charge in [-0.25, -0.2) is 0 Å². The lowest BCUT2D eigenvalue weighted by atomic mass is 10.0. The molecule has 182 valence electrons. The highest BCUT2D eigenvalue weighted by Crippen LogP contribution is 2.35. The van der Waals surface area contributed by atoms with Gasteiger partial charge in [-0.15, -0.1) is 0 Å². The van der Waals surface area contributed by atoms with Crippen molar-refractivity contribution in [1.82, 2.24) is 5.32 Å². The van der Waals surface area contributed by atoms with Gasteiger partial charge in [0.2, 0.25) is 0 Å². The Bertz CT molecular complexity index is 1260. The maximum absolute atomic E-state index is 13.4. The van der Waals surface area contributed by atoms with E-state index in [9.17, 15) is 22.8 Å². The van der Waals surface area contributed by atoms with E-state index in [2.05, 4.69) is 10.6 Å². The summed E-state index contributed by atoms with van der Waals surface area (Å²) in [6, 6.07) is 16.6. The monoisotopic (exact) mass is 501 g/mol. The quantitative estimate of drug-likeness (QED) is 0.440. The lowest BCUT2D eigenvalue weighted by Gasteiger charge is -2.24. The molecule has 0 saturated heterocycles. The van der Waals surface area contributed by atoms with Gasteiger partial charge in [-0.1, -0.05) is 41.9 Å². The predicted octanol–water partition coefficient (Wildman–Crippen LogP) is 6.31. The smallest absolute Gasteiger partial charge is 0.322 e. The standard InChI is InChI=1S/C26H23ClF3N3O2/c1-31-22-10-6-14-33(23-11-5-3-8-19(22)23)25(35)18-13-12-16(15-21(18)27)32-24(34)17-7-2-4-9-20(17)26(28,29)30/h2-5,7-9,11-13,15,22,31H,6,10,14H2,1H3,(H,32,34). The number of carbonyl (C=O) groups is 2. The van der Waals surface area contributed by atoms with Crippen LogP contribution < -0.4 is 15.5 Å². The molecule has 0 bridgehead atoms. The molecule has 1 unspecified atom stereocenters. The molecule has 2 N–H and O–H groups in total. The molecule has 0 aromatic heterocycles. The van der Waals surface area contributed by atoms with Crippen LogP contribution in [0.2, 0.25) is 5.02 Å². The molecule has 3 aromatic rings. The van der Waals surface area contributed by atoms with Crippen molar-refractivity contribution >= 4 is 34.8 Å². The molecule has 0 aliphatic carbocycles. The molecule has 1 atom stereocenters. The van der Waals surface area contributed by atoms with E-state index >= 15 is 0 Å². The molecule has 4 rings (SSSR count). The zero-order valence-corrected chi connectivity index (χ0v) is 19.6. The number of halogens is 4. The van der Waals surface area contributed by atoms with Gasteiger partial charge < -0.3 is 15.5 Å². The Hall–Kier alpha value is -3.36. The molecule has 0 saturated carbocycles. The largest absolute Gasteiger partial charge is 0.417 e. The number of nitrogens with zero attached hydrogens (tertiary/aromatic N) is 1. The lowest BCUT2D eigenvalue weighted by molar-refractivity contribution is -0.137. The molecule has 35 heavy (non-hydrogen) atoms. The molecule has 0 fully saturated rings. The van der Waals surface area contributed by atoms with Gasteiger partial charge in [0.15, 0.2) is 0 Å². The maximum atomic E-state index is 13.4. The van der Waals surface area contributed by atoms with Crippen LogP contribution in [0.5, 0.6) is 0 Å². The first-order chi connectivity index (χ1) is 16.7. The molecule has 0 spiro atoms. The van der Waals surface area contributed by atoms with Gasteiger partial charge in [-0.2, -0.15) is 13.2 Å². The Morgan fingerprint density at radius 2 is 1.71 bits per heavy atom. The summed E-state index contributed by atoms with van der Waals surface area (Å²) in [5.41, 5.74) is 0.695. The van der Waals surface area contributed by atoms with Gasteiger partial charge in [0.05, 0.1) is 21.7 Å². The van der Waals surface area contributed by atoms with Crippen LogP contribution in [0, 0.1) is 0 Å². The van der Waals surface area contributed by atoms with Crippen molar-refractivity contribution in [2.45, 2.75) is 25.1 Å². The fourth-order valence-corrected chi connectivity index (χ4v) is 4.57. The highest BCUT2D eigenvalue weighted by Gasteiger charge is 2.35. The molecule has 2 amide bonds. The van der Waals surface area contributed by atoms with Crippen molar-refractivity contribution in [1.29, 1.82) is 0 Å². The molecule has 0 radical (unpaired) electrons. The van der Waals surface area contributed by atoms with Gasteiger partial charge in [0.1, 0.15) is 0 Å². The first-order valence-electron chi connectivity index (χ1n) is 11.1. The minimum Gasteiger partial charge on any atom is -0.322 e. The summed E-state index contributed by atoms with van der Waals surface area (Å²) in [7, 11) is 1.88. The van der Waals surface area contributed by atoms with Crippen molar-refractivity contribution < 1.29 is 22.8 Å². The predicted molar refractivity (Wildman–Crippen MR) is 130 cm³/mol. The summed E-state index contributed by atoms with van der Waals surface area (Å²) in [6.07, 6.45) is -3.01. The number of amides is 2. The van der Waals surface area contributed by atoms with Crippen LogP contribution in [0.1, 0.15) is 50.7 Å². The number of anilines is 2. The number of hydrogen-bond donors (Lipinski definition) is 2. The third kappa shape index (κ3) is 5.18. The van der Waals surface area contributed by atoms with Gasteiger partial charge >= 0.3 is 6.18 Å². The number of fused-ring (bicyclic) bond motifs is 1. The van der Waals surface area contributed by atoms with E-state index in [1.807, 2.05) is 31.3 Å². The van der Waals surface area contributed by atoms with Crippen LogP contribution in [-0.2, 0) is 6.18 Å². The van der Waals surface area contributed by atoms with Crippen molar-refractivity contribution in [2.75, 3.05) is 23.8 Å². The SMILES string of the molecule is CNC1CCCN(C(=O)c2ccc(NC(=O)c3ccccc3C(F)(F)F)cc2Cl)c2ccccc21. The second-order valence-corrected chi connectivity index (χ2v) is 8.60. The Morgan fingerprint density at radius 1 is 1.00 bits per heavy atom. The highest BCUT2D eigenvalue weighted by atomic mass is 35.5. The van der Waals surface area contributed by atoms with Crippen molar-refractivity contribution in [2.24, 2.45) is 0 Å². The Balaban J connectivity index is 1.59. The maximum Gasteiger partial charge on any atom is 0.417 e. The van der Waals surface area contributed by atoms with E-state index in [1.54, 1.807) is 4.90 Å². The zero-order valence-electron chi connectivity index (χ0n) is 18.8. The topological polar surface area (TPSA) is 61.4 Å². The molecular weight excluding hydrogens is 479 g/mol. The average molecular weight is 502 g/mol. The Morgan fingerprint density at radius 3 is 2.43 bits per heavy atom. The van der Waals surface area contributed by atoms with Gasteiger partial charge in [-0.05, 0) is 61.9 Å². The van der Waals surface area contributed by atoms with E-state index in [4.69, 9.17) is 11.6 Å². The number of para-hydroxylation sites is 1. The molecule has 3 aromatic carbocycles. The van der Waals surface area contributed by atoms with Crippen LogP contribution in [0.3, 0.4) is 0 Å². The number of benzene rings is 3. The zero-order chi connectivity index (χ0) is 25.2. The van der Waals surface area contributed by atoms with Gasteiger partial charge in [-0.3, -0.25) is 9.59 Å². The van der Waals surface area contributed by atoms with Crippen LogP contribution in [0.25, 0.3) is 0 Å². The number of nitrogens with one attached hydrogen (secondary N) is 2. The normalized spacial score (nSPS) is 15.8. The summed E-state index contributed by atoms with van der Waals surface area (Å²) in [5.74, 6) is -1.22. The first kappa shape index (κ1) is 24.8. The van der Waals surface area contributed by atoms with Crippen molar-refractivity contribution in [3.05, 3.63) is 94.0 Å². The number of carbonyl (C=O) groups excluding carboxylic acids is 2. The number of hydrogen-bond acceptors (Lipinski definition) is 3. The minimum absolute atomic E-state index is 0.0869. The summed E-state index contributed by atoms with van der Waals surface area (Å²) < 4.78 is 39.8. The van der Waals surface area contributed by atoms with Crippen molar-refractivity contribution in [3.63, 3.8) is 0 Å². The summed E-state index contributed by atoms with van der Waals surface area (Å²) in [6.45, 7) is 0.511. The van der Waals surface area contributed by atoms with Gasteiger partial charge in [0, 0.05) is 24.0 Å². The highest BCUT2D eigenvalue weighted by molar-refractivity contribution is 6.35. The van der Waals surface area contributed by atoms with Crippen LogP contribution in [-0.4, -0.2) is 25.4 Å². The van der Waals surface area contributed by atoms with Crippen LogP contribution in [0.4, 0.5) is 24.5 Å². The summed E-state index contributed by atoms with van der Waals surface area (Å²) in [4.78, 5) is 27.7. The third-order valence-corrected chi connectivity index (χ3v) is 6.32. The van der Waals surface area contributed by atoms with E-state index in [0.717, 1.165) is 36.2 Å². The second-order valence-electron chi connectivity index (χ2n) is 8.19. The molecule has 5 nitrogen and oxygen atoms in total. The van der Waals surface area contributed by atoms with Crippen molar-refractivity contribution in [3.8, 4) is 0 Å². The van der Waals surface area contributed by atoms with E-state index in [0.29, 0.717) is 6.54 Å². The molecule has 9 heteroatoms. The Labute approximate surface area is 205 Å². The van der Waals surface area contributed by atoms with Crippen LogP contribution >= 0.6 is 11.6 Å². The summed E-state index contributed by atoms with van der Waals surface area (Å²) >= 11 is 6.41. The number of alkyl halides is 3. The third-order valence-electron chi connectivity index (χ3n) is 6.01. The molecule has 1 heterocycles. The molecular formula is C26H23ClF3N3O2. The number of rotatable bonds is 4. The molecule has 1 aliphatic rings. The minimum atomic E-state index is -4.67. The van der Waals surface area contributed by atoms with Crippen LogP contribution in [0.15, 0.2) is 66.7 Å². The van der Waals surface area contributed by atoms with E-state index in [1.165, 1.54) is 30.3 Å². The first-order valence-corrected chi connectivity index (χ1v) is 11.4. The Kier molecular flexibility index (Phi) is 7.14. The fraction of sp³-hybridized carbons (Fsp3) is 0.231. The van der Waals surface area contributed by atoms with E-state index < -0.39 is 23.2 Å². The second kappa shape index (κ2) is 10.1.